The van der Waals surface area contributed by atoms with Gasteiger partial charge in [-0.3, -0.25) is 4.79 Å². The zero-order valence-corrected chi connectivity index (χ0v) is 17.5. The Balaban J connectivity index is 1.68. The highest BCUT2D eigenvalue weighted by molar-refractivity contribution is 7.99. The van der Waals surface area contributed by atoms with Crippen LogP contribution in [0.25, 0.3) is 0 Å². The standard InChI is InChI=1S/C23H27NO4S/c1-2-3-14-28-23(26)20-17-29-22(19-12-8-5-9-13-19)24(20)21(25)16-27-15-18-10-6-4-7-11-18/h4-13,20,22H,2-3,14-17H2,1H3. The van der Waals surface area contributed by atoms with Crippen molar-refractivity contribution in [3.05, 3.63) is 71.8 Å². The molecule has 1 saturated heterocycles. The largest absolute Gasteiger partial charge is 0.464 e. The van der Waals surface area contributed by atoms with Crippen molar-refractivity contribution >= 4 is 23.6 Å². The first-order valence-electron chi connectivity index (χ1n) is 9.96. The first kappa shape index (κ1) is 21.4. The lowest BCUT2D eigenvalue weighted by Gasteiger charge is -2.28. The maximum atomic E-state index is 13.0. The van der Waals surface area contributed by atoms with Crippen LogP contribution in [0.15, 0.2) is 60.7 Å². The van der Waals surface area contributed by atoms with Crippen LogP contribution in [0, 0.1) is 0 Å². The van der Waals surface area contributed by atoms with Gasteiger partial charge in [-0.05, 0) is 17.5 Å². The Labute approximate surface area is 176 Å². The van der Waals surface area contributed by atoms with E-state index in [2.05, 4.69) is 0 Å². The van der Waals surface area contributed by atoms with Crippen LogP contribution in [0.5, 0.6) is 0 Å². The fourth-order valence-electron chi connectivity index (χ4n) is 3.19. The van der Waals surface area contributed by atoms with E-state index in [1.807, 2.05) is 67.6 Å². The Morgan fingerprint density at radius 3 is 2.45 bits per heavy atom. The van der Waals surface area contributed by atoms with E-state index in [1.165, 1.54) is 0 Å². The molecule has 154 valence electrons. The monoisotopic (exact) mass is 413 g/mol. The zero-order valence-electron chi connectivity index (χ0n) is 16.7. The third-order valence-corrected chi connectivity index (χ3v) is 6.05. The molecule has 0 spiro atoms. The molecule has 2 aromatic carbocycles. The van der Waals surface area contributed by atoms with E-state index < -0.39 is 6.04 Å². The highest BCUT2D eigenvalue weighted by atomic mass is 32.2. The number of esters is 1. The molecule has 2 atom stereocenters. The minimum atomic E-state index is -0.588. The van der Waals surface area contributed by atoms with Gasteiger partial charge in [-0.15, -0.1) is 11.8 Å². The van der Waals surface area contributed by atoms with Crippen LogP contribution in [-0.4, -0.2) is 41.8 Å². The highest BCUT2D eigenvalue weighted by Gasteiger charge is 2.43. The van der Waals surface area contributed by atoms with Gasteiger partial charge in [0.25, 0.3) is 5.91 Å². The predicted molar refractivity (Wildman–Crippen MR) is 114 cm³/mol. The molecule has 0 aliphatic carbocycles. The van der Waals surface area contributed by atoms with Crippen molar-refractivity contribution in [3.8, 4) is 0 Å². The summed E-state index contributed by atoms with van der Waals surface area (Å²) in [6, 6.07) is 18.9. The summed E-state index contributed by atoms with van der Waals surface area (Å²) >= 11 is 1.59. The Hall–Kier alpha value is -2.31. The average molecular weight is 414 g/mol. The maximum absolute atomic E-state index is 13.0. The first-order chi connectivity index (χ1) is 14.2. The van der Waals surface area contributed by atoms with Crippen molar-refractivity contribution < 1.29 is 19.1 Å². The van der Waals surface area contributed by atoms with Crippen molar-refractivity contribution in [1.82, 2.24) is 4.90 Å². The molecule has 0 N–H and O–H groups in total. The summed E-state index contributed by atoms with van der Waals surface area (Å²) in [7, 11) is 0. The van der Waals surface area contributed by atoms with Gasteiger partial charge in [0.15, 0.2) is 0 Å². The summed E-state index contributed by atoms with van der Waals surface area (Å²) in [5.41, 5.74) is 2.00. The van der Waals surface area contributed by atoms with Crippen molar-refractivity contribution in [2.24, 2.45) is 0 Å². The van der Waals surface area contributed by atoms with Crippen LogP contribution >= 0.6 is 11.8 Å². The van der Waals surface area contributed by atoms with Crippen LogP contribution in [0.1, 0.15) is 36.3 Å². The summed E-state index contributed by atoms with van der Waals surface area (Å²) < 4.78 is 11.1. The summed E-state index contributed by atoms with van der Waals surface area (Å²) in [4.78, 5) is 27.3. The van der Waals surface area contributed by atoms with Gasteiger partial charge < -0.3 is 14.4 Å². The van der Waals surface area contributed by atoms with Crippen LogP contribution in [0.3, 0.4) is 0 Å². The molecule has 1 amide bonds. The van der Waals surface area contributed by atoms with Crippen molar-refractivity contribution in [2.75, 3.05) is 19.0 Å². The normalized spacial score (nSPS) is 18.6. The van der Waals surface area contributed by atoms with Crippen LogP contribution in [0.4, 0.5) is 0 Å². The number of benzene rings is 2. The van der Waals surface area contributed by atoms with Crippen molar-refractivity contribution in [3.63, 3.8) is 0 Å². The van der Waals surface area contributed by atoms with E-state index >= 15 is 0 Å². The highest BCUT2D eigenvalue weighted by Crippen LogP contribution is 2.41. The SMILES string of the molecule is CCCCOC(=O)C1CSC(c2ccccc2)N1C(=O)COCc1ccccc1. The summed E-state index contributed by atoms with van der Waals surface area (Å²) in [6.07, 6.45) is 1.77. The van der Waals surface area contributed by atoms with Gasteiger partial charge in [0.05, 0.1) is 13.2 Å². The molecule has 0 radical (unpaired) electrons. The third kappa shape index (κ3) is 5.84. The van der Waals surface area contributed by atoms with E-state index in [0.717, 1.165) is 24.0 Å². The van der Waals surface area contributed by atoms with Crippen molar-refractivity contribution in [1.29, 1.82) is 0 Å². The fourth-order valence-corrected chi connectivity index (χ4v) is 4.62. The van der Waals surface area contributed by atoms with Gasteiger partial charge in [0, 0.05) is 5.75 Å². The number of hydrogen-bond donors (Lipinski definition) is 0. The number of carbonyl (C=O) groups excluding carboxylic acids is 2. The molecule has 1 aliphatic heterocycles. The van der Waals surface area contributed by atoms with Gasteiger partial charge in [0.1, 0.15) is 18.0 Å². The second-order valence-electron chi connectivity index (χ2n) is 6.91. The molecule has 0 saturated carbocycles. The van der Waals surface area contributed by atoms with E-state index in [4.69, 9.17) is 9.47 Å². The summed E-state index contributed by atoms with van der Waals surface area (Å²) in [5.74, 6) is -0.00685. The van der Waals surface area contributed by atoms with E-state index in [-0.39, 0.29) is 23.9 Å². The minimum absolute atomic E-state index is 0.0719. The average Bonchev–Trinajstić information content (AvgIpc) is 3.20. The molecule has 3 rings (SSSR count). The molecule has 0 bridgehead atoms. The number of unbranched alkanes of at least 4 members (excludes halogenated alkanes) is 1. The number of nitrogens with zero attached hydrogens (tertiary/aromatic N) is 1. The number of carbonyl (C=O) groups is 2. The number of ether oxygens (including phenoxy) is 2. The molecule has 0 aromatic heterocycles. The quantitative estimate of drug-likeness (QED) is 0.456. The second kappa shape index (κ2) is 11.0. The lowest BCUT2D eigenvalue weighted by Crippen LogP contribution is -2.45. The lowest BCUT2D eigenvalue weighted by atomic mass is 10.1. The number of amides is 1. The molecule has 5 nitrogen and oxygen atoms in total. The number of rotatable bonds is 9. The Kier molecular flexibility index (Phi) is 8.14. The molecule has 1 aliphatic rings. The molecule has 6 heteroatoms. The molecular weight excluding hydrogens is 386 g/mol. The van der Waals surface area contributed by atoms with Gasteiger partial charge in [-0.2, -0.15) is 0 Å². The second-order valence-corrected chi connectivity index (χ2v) is 8.03. The van der Waals surface area contributed by atoms with Crippen LogP contribution < -0.4 is 0 Å². The van der Waals surface area contributed by atoms with Gasteiger partial charge in [-0.25, -0.2) is 4.79 Å². The Morgan fingerprint density at radius 1 is 1.07 bits per heavy atom. The summed E-state index contributed by atoms with van der Waals surface area (Å²) in [6.45, 7) is 2.72. The minimum Gasteiger partial charge on any atom is -0.464 e. The van der Waals surface area contributed by atoms with E-state index in [0.29, 0.717) is 19.0 Å². The maximum Gasteiger partial charge on any atom is 0.329 e. The molecule has 1 fully saturated rings. The molecule has 29 heavy (non-hydrogen) atoms. The van der Waals surface area contributed by atoms with E-state index in [1.54, 1.807) is 16.7 Å². The third-order valence-electron chi connectivity index (χ3n) is 4.72. The van der Waals surface area contributed by atoms with Gasteiger partial charge >= 0.3 is 5.97 Å². The van der Waals surface area contributed by atoms with Gasteiger partial charge in [-0.1, -0.05) is 74.0 Å². The summed E-state index contributed by atoms with van der Waals surface area (Å²) in [5, 5.41) is -0.215. The van der Waals surface area contributed by atoms with Crippen molar-refractivity contribution in [2.45, 2.75) is 37.8 Å². The number of thioether (sulfide) groups is 1. The molecular formula is C23H27NO4S. The first-order valence-corrected chi connectivity index (χ1v) is 11.0. The Morgan fingerprint density at radius 2 is 1.76 bits per heavy atom. The number of hydrogen-bond acceptors (Lipinski definition) is 5. The Bertz CT molecular complexity index is 784. The van der Waals surface area contributed by atoms with Crippen LogP contribution in [0.2, 0.25) is 0 Å². The lowest BCUT2D eigenvalue weighted by molar-refractivity contribution is -0.155. The van der Waals surface area contributed by atoms with Crippen LogP contribution in [-0.2, 0) is 25.7 Å². The molecule has 2 unspecified atom stereocenters. The molecule has 1 heterocycles. The van der Waals surface area contributed by atoms with Gasteiger partial charge in [0.2, 0.25) is 0 Å². The van der Waals surface area contributed by atoms with E-state index in [9.17, 15) is 9.59 Å². The fraction of sp³-hybridized carbons (Fsp3) is 0.391. The topological polar surface area (TPSA) is 55.8 Å². The predicted octanol–water partition coefficient (Wildman–Crippen LogP) is 4.19. The zero-order chi connectivity index (χ0) is 20.5. The smallest absolute Gasteiger partial charge is 0.329 e. The molecule has 2 aromatic rings.